The molecule has 0 spiro atoms. The smallest absolute Gasteiger partial charge is 0.0519 e. The van der Waals surface area contributed by atoms with Crippen molar-refractivity contribution in [1.29, 1.82) is 0 Å². The van der Waals surface area contributed by atoms with Crippen LogP contribution in [0.3, 0.4) is 0 Å². The van der Waals surface area contributed by atoms with Crippen LogP contribution in [0.5, 0.6) is 0 Å². The number of nitrogens with zero attached hydrogens (tertiary/aromatic N) is 1. The van der Waals surface area contributed by atoms with Crippen molar-refractivity contribution < 1.29 is 0 Å². The van der Waals surface area contributed by atoms with Crippen LogP contribution in [0.1, 0.15) is 24.8 Å². The van der Waals surface area contributed by atoms with Gasteiger partial charge in [0.15, 0.2) is 0 Å². The van der Waals surface area contributed by atoms with E-state index in [1.165, 1.54) is 31.4 Å². The molecule has 2 heterocycles. The highest BCUT2D eigenvalue weighted by atomic mass is 15.1. The zero-order chi connectivity index (χ0) is 8.23. The van der Waals surface area contributed by atoms with Gasteiger partial charge in [-0.25, -0.2) is 0 Å². The van der Waals surface area contributed by atoms with E-state index in [2.05, 4.69) is 15.5 Å². The predicted molar refractivity (Wildman–Crippen MR) is 47.9 cm³/mol. The summed E-state index contributed by atoms with van der Waals surface area (Å²) >= 11 is 0. The van der Waals surface area contributed by atoms with Crippen LogP contribution >= 0.6 is 0 Å². The molecular weight excluding hydrogens is 150 g/mol. The van der Waals surface area contributed by atoms with Gasteiger partial charge in [0, 0.05) is 12.2 Å². The maximum atomic E-state index is 3.93. The van der Waals surface area contributed by atoms with Gasteiger partial charge in [0.25, 0.3) is 0 Å². The molecule has 1 aliphatic heterocycles. The minimum atomic E-state index is 0.677. The number of hydrogen-bond acceptors (Lipinski definition) is 2. The molecule has 12 heavy (non-hydrogen) atoms. The molecule has 0 saturated carbocycles. The fourth-order valence-corrected chi connectivity index (χ4v) is 1.77. The lowest BCUT2D eigenvalue weighted by atomic mass is 10.00. The zero-order valence-corrected chi connectivity index (χ0v) is 7.21. The van der Waals surface area contributed by atoms with Crippen LogP contribution < -0.4 is 5.32 Å². The molecule has 1 unspecified atom stereocenters. The molecule has 2 N–H and O–H groups in total. The molecule has 1 aromatic rings. The lowest BCUT2D eigenvalue weighted by Crippen LogP contribution is -2.35. The first-order valence-corrected chi connectivity index (χ1v) is 4.66. The molecule has 1 atom stereocenters. The fraction of sp³-hybridized carbons (Fsp3) is 0.667. The minimum absolute atomic E-state index is 0.677. The van der Waals surface area contributed by atoms with Crippen LogP contribution in [0.25, 0.3) is 0 Å². The molecule has 0 bridgehead atoms. The Morgan fingerprint density at radius 1 is 1.50 bits per heavy atom. The van der Waals surface area contributed by atoms with Crippen LogP contribution in [0.15, 0.2) is 12.4 Å². The van der Waals surface area contributed by atoms with E-state index < -0.39 is 0 Å². The number of rotatable bonds is 2. The summed E-state index contributed by atoms with van der Waals surface area (Å²) in [4.78, 5) is 0. The number of H-pyrrole nitrogens is 1. The Balaban J connectivity index is 1.86. The second-order valence-electron chi connectivity index (χ2n) is 3.46. The van der Waals surface area contributed by atoms with E-state index in [1.54, 1.807) is 0 Å². The maximum absolute atomic E-state index is 3.93. The van der Waals surface area contributed by atoms with E-state index in [9.17, 15) is 0 Å². The van der Waals surface area contributed by atoms with Gasteiger partial charge in [-0.3, -0.25) is 5.10 Å². The van der Waals surface area contributed by atoms with Crippen molar-refractivity contribution in [2.45, 2.75) is 31.7 Å². The van der Waals surface area contributed by atoms with E-state index in [1.807, 2.05) is 12.4 Å². The van der Waals surface area contributed by atoms with Crippen LogP contribution in [-0.2, 0) is 6.42 Å². The molecule has 3 nitrogen and oxygen atoms in total. The summed E-state index contributed by atoms with van der Waals surface area (Å²) in [7, 11) is 0. The number of aromatic amines is 1. The first-order chi connectivity index (χ1) is 5.95. The van der Waals surface area contributed by atoms with Gasteiger partial charge in [-0.15, -0.1) is 0 Å². The van der Waals surface area contributed by atoms with E-state index in [0.717, 1.165) is 6.42 Å². The van der Waals surface area contributed by atoms with Gasteiger partial charge in [-0.2, -0.15) is 5.10 Å². The fourth-order valence-electron chi connectivity index (χ4n) is 1.77. The highest BCUT2D eigenvalue weighted by Crippen LogP contribution is 2.11. The van der Waals surface area contributed by atoms with Crippen molar-refractivity contribution in [3.8, 4) is 0 Å². The van der Waals surface area contributed by atoms with Gasteiger partial charge in [0.2, 0.25) is 0 Å². The minimum Gasteiger partial charge on any atom is -0.314 e. The van der Waals surface area contributed by atoms with Crippen LogP contribution in [-0.4, -0.2) is 22.8 Å². The van der Waals surface area contributed by atoms with E-state index in [-0.39, 0.29) is 0 Å². The molecule has 1 saturated heterocycles. The zero-order valence-electron chi connectivity index (χ0n) is 7.21. The summed E-state index contributed by atoms with van der Waals surface area (Å²) in [5.41, 5.74) is 1.31. The summed E-state index contributed by atoms with van der Waals surface area (Å²) in [5, 5.41) is 10.3. The Bertz CT molecular complexity index is 212. The normalized spacial score (nSPS) is 24.2. The van der Waals surface area contributed by atoms with Gasteiger partial charge in [0.05, 0.1) is 6.20 Å². The Hall–Kier alpha value is -0.830. The third-order valence-electron chi connectivity index (χ3n) is 2.45. The molecule has 0 aliphatic carbocycles. The first kappa shape index (κ1) is 7.80. The second-order valence-corrected chi connectivity index (χ2v) is 3.46. The van der Waals surface area contributed by atoms with Gasteiger partial charge in [-0.1, -0.05) is 6.42 Å². The Labute approximate surface area is 72.6 Å². The molecule has 0 radical (unpaired) electrons. The van der Waals surface area contributed by atoms with E-state index in [4.69, 9.17) is 0 Å². The molecule has 0 aromatic carbocycles. The van der Waals surface area contributed by atoms with Crippen molar-refractivity contribution >= 4 is 0 Å². The number of piperidine rings is 1. The van der Waals surface area contributed by atoms with Gasteiger partial charge >= 0.3 is 0 Å². The van der Waals surface area contributed by atoms with Crippen molar-refractivity contribution in [3.63, 3.8) is 0 Å². The molecule has 3 heteroatoms. The summed E-state index contributed by atoms with van der Waals surface area (Å²) in [5.74, 6) is 0. The molecule has 1 aromatic heterocycles. The van der Waals surface area contributed by atoms with Crippen LogP contribution in [0, 0.1) is 0 Å². The van der Waals surface area contributed by atoms with Gasteiger partial charge < -0.3 is 5.32 Å². The highest BCUT2D eigenvalue weighted by molar-refractivity contribution is 5.05. The maximum Gasteiger partial charge on any atom is 0.0519 e. The lowest BCUT2D eigenvalue weighted by molar-refractivity contribution is 0.399. The lowest BCUT2D eigenvalue weighted by Gasteiger charge is -2.22. The quantitative estimate of drug-likeness (QED) is 0.688. The number of hydrogen-bond donors (Lipinski definition) is 2. The monoisotopic (exact) mass is 165 g/mol. The molecular formula is C9H15N3. The topological polar surface area (TPSA) is 40.7 Å². The average molecular weight is 165 g/mol. The van der Waals surface area contributed by atoms with Crippen molar-refractivity contribution in [3.05, 3.63) is 18.0 Å². The first-order valence-electron chi connectivity index (χ1n) is 4.66. The van der Waals surface area contributed by atoms with Gasteiger partial charge in [-0.05, 0) is 31.4 Å². The van der Waals surface area contributed by atoms with Crippen LogP contribution in [0.2, 0.25) is 0 Å². The summed E-state index contributed by atoms with van der Waals surface area (Å²) < 4.78 is 0. The number of aromatic nitrogens is 2. The molecule has 2 rings (SSSR count). The summed E-state index contributed by atoms with van der Waals surface area (Å²) in [6.45, 7) is 1.18. The van der Waals surface area contributed by atoms with Crippen molar-refractivity contribution in [1.82, 2.24) is 15.5 Å². The third-order valence-corrected chi connectivity index (χ3v) is 2.45. The Kier molecular flexibility index (Phi) is 2.42. The molecule has 0 amide bonds. The largest absolute Gasteiger partial charge is 0.314 e. The SMILES string of the molecule is c1n[nH]cc1CC1CCCCN1. The number of nitrogens with one attached hydrogen (secondary N) is 2. The Morgan fingerprint density at radius 3 is 3.17 bits per heavy atom. The van der Waals surface area contributed by atoms with E-state index in [0.29, 0.717) is 6.04 Å². The average Bonchev–Trinajstić information content (AvgIpc) is 2.59. The van der Waals surface area contributed by atoms with Crippen LogP contribution in [0.4, 0.5) is 0 Å². The molecule has 1 aliphatic rings. The van der Waals surface area contributed by atoms with Crippen molar-refractivity contribution in [2.75, 3.05) is 6.54 Å². The summed E-state index contributed by atoms with van der Waals surface area (Å²) in [6.07, 6.45) is 9.03. The second kappa shape index (κ2) is 3.72. The van der Waals surface area contributed by atoms with E-state index >= 15 is 0 Å². The molecule has 1 fully saturated rings. The predicted octanol–water partition coefficient (Wildman–Crippen LogP) is 1.09. The van der Waals surface area contributed by atoms with Crippen molar-refractivity contribution in [2.24, 2.45) is 0 Å². The third kappa shape index (κ3) is 1.85. The Morgan fingerprint density at radius 2 is 2.50 bits per heavy atom. The highest BCUT2D eigenvalue weighted by Gasteiger charge is 2.12. The summed E-state index contributed by atoms with van der Waals surface area (Å²) in [6, 6.07) is 0.677. The molecule has 66 valence electrons. The standard InChI is InChI=1S/C9H15N3/c1-2-4-10-9(3-1)5-8-6-11-12-7-8/h6-7,9-10H,1-5H2,(H,11,12). The van der Waals surface area contributed by atoms with Gasteiger partial charge in [0.1, 0.15) is 0 Å².